The molecule has 0 spiro atoms. The molecule has 0 aliphatic heterocycles. The van der Waals surface area contributed by atoms with Crippen molar-refractivity contribution in [2.24, 2.45) is 0 Å². The Bertz CT molecular complexity index is 585. The van der Waals surface area contributed by atoms with Gasteiger partial charge < -0.3 is 11.1 Å². The molecule has 118 valence electrons. The number of nitriles is 1. The molecule has 0 aliphatic carbocycles. The van der Waals surface area contributed by atoms with E-state index in [-0.39, 0.29) is 5.95 Å². The second-order valence-electron chi connectivity index (χ2n) is 3.77. The third-order valence-electron chi connectivity index (χ3n) is 2.45. The number of aryl methyl sites for hydroxylation is 1. The summed E-state index contributed by atoms with van der Waals surface area (Å²) in [7, 11) is 0. The van der Waals surface area contributed by atoms with Gasteiger partial charge >= 0.3 is 0 Å². The van der Waals surface area contributed by atoms with Gasteiger partial charge in [-0.3, -0.25) is 0 Å². The van der Waals surface area contributed by atoms with Gasteiger partial charge in [0.1, 0.15) is 5.82 Å². The molecule has 3 N–H and O–H groups in total. The summed E-state index contributed by atoms with van der Waals surface area (Å²) in [6.45, 7) is 10.0. The number of nitrogens with two attached hydrogens (primary N) is 1. The van der Waals surface area contributed by atoms with Crippen LogP contribution in [0.25, 0.3) is 0 Å². The second-order valence-corrected chi connectivity index (χ2v) is 3.77. The number of aromatic nitrogens is 2. The Kier molecular flexibility index (Phi) is 9.78. The number of nitrogen functional groups attached to an aromatic ring is 1. The standard InChI is InChI=1S/C13H13N5.2C2H6/c1-2-10-7-12(18-13(15)17-10)16-11-5-3-9(8-14)4-6-11;2*1-2/h3-7H,2H2,1H3,(H3,15,16,17,18);2*1-2H3. The lowest BCUT2D eigenvalue weighted by Crippen LogP contribution is -2.02. The molecule has 0 saturated carbocycles. The Morgan fingerprint density at radius 2 is 1.68 bits per heavy atom. The van der Waals surface area contributed by atoms with E-state index in [1.165, 1.54) is 0 Å². The average molecular weight is 299 g/mol. The molecule has 0 saturated heterocycles. The van der Waals surface area contributed by atoms with Crippen molar-refractivity contribution in [3.05, 3.63) is 41.6 Å². The van der Waals surface area contributed by atoms with E-state index in [0.717, 1.165) is 17.8 Å². The van der Waals surface area contributed by atoms with E-state index >= 15 is 0 Å². The first kappa shape index (κ1) is 19.4. The van der Waals surface area contributed by atoms with Crippen molar-refractivity contribution in [2.75, 3.05) is 11.1 Å². The zero-order chi connectivity index (χ0) is 17.0. The fourth-order valence-corrected chi connectivity index (χ4v) is 1.54. The van der Waals surface area contributed by atoms with Gasteiger partial charge in [-0.2, -0.15) is 10.2 Å². The summed E-state index contributed by atoms with van der Waals surface area (Å²) in [5.41, 5.74) is 7.99. The van der Waals surface area contributed by atoms with Crippen LogP contribution in [0.2, 0.25) is 0 Å². The summed E-state index contributed by atoms with van der Waals surface area (Å²) >= 11 is 0. The highest BCUT2D eigenvalue weighted by atomic mass is 15.1. The first-order valence-corrected chi connectivity index (χ1v) is 7.62. The van der Waals surface area contributed by atoms with Crippen LogP contribution in [-0.4, -0.2) is 9.97 Å². The number of nitrogens with zero attached hydrogens (tertiary/aromatic N) is 3. The lowest BCUT2D eigenvalue weighted by molar-refractivity contribution is 1.01. The molecule has 0 fully saturated rings. The zero-order valence-electron chi connectivity index (χ0n) is 14.0. The summed E-state index contributed by atoms with van der Waals surface area (Å²) in [5.74, 6) is 0.912. The van der Waals surface area contributed by atoms with Gasteiger partial charge in [0.15, 0.2) is 0 Å². The van der Waals surface area contributed by atoms with Crippen LogP contribution in [0, 0.1) is 11.3 Å². The van der Waals surface area contributed by atoms with Crippen molar-refractivity contribution in [2.45, 2.75) is 41.0 Å². The first-order valence-electron chi connectivity index (χ1n) is 7.62. The zero-order valence-corrected chi connectivity index (χ0v) is 14.0. The lowest BCUT2D eigenvalue weighted by atomic mass is 10.2. The molecule has 2 aromatic rings. The Morgan fingerprint density at radius 1 is 1.09 bits per heavy atom. The van der Waals surface area contributed by atoms with Crippen molar-refractivity contribution < 1.29 is 0 Å². The summed E-state index contributed by atoms with van der Waals surface area (Å²) < 4.78 is 0. The predicted molar refractivity (Wildman–Crippen MR) is 93.0 cm³/mol. The topological polar surface area (TPSA) is 87.6 Å². The lowest BCUT2D eigenvalue weighted by Gasteiger charge is -2.07. The minimum Gasteiger partial charge on any atom is -0.368 e. The minimum absolute atomic E-state index is 0.255. The molecule has 2 rings (SSSR count). The van der Waals surface area contributed by atoms with Gasteiger partial charge in [0, 0.05) is 17.4 Å². The Balaban J connectivity index is 0.00000102. The Morgan fingerprint density at radius 3 is 2.18 bits per heavy atom. The van der Waals surface area contributed by atoms with E-state index in [9.17, 15) is 0 Å². The van der Waals surface area contributed by atoms with Crippen molar-refractivity contribution in [1.82, 2.24) is 9.97 Å². The van der Waals surface area contributed by atoms with Crippen molar-refractivity contribution in [1.29, 1.82) is 5.26 Å². The van der Waals surface area contributed by atoms with Gasteiger partial charge in [0.25, 0.3) is 0 Å². The molecule has 5 heteroatoms. The molecule has 0 bridgehead atoms. The van der Waals surface area contributed by atoms with Crippen LogP contribution in [0.3, 0.4) is 0 Å². The van der Waals surface area contributed by atoms with Crippen molar-refractivity contribution in [3.63, 3.8) is 0 Å². The van der Waals surface area contributed by atoms with E-state index in [1.54, 1.807) is 12.1 Å². The molecule has 0 atom stereocenters. The van der Waals surface area contributed by atoms with E-state index in [4.69, 9.17) is 11.0 Å². The van der Waals surface area contributed by atoms with Crippen LogP contribution in [0.4, 0.5) is 17.5 Å². The third-order valence-corrected chi connectivity index (χ3v) is 2.45. The first-order chi connectivity index (χ1) is 10.7. The monoisotopic (exact) mass is 299 g/mol. The minimum atomic E-state index is 0.255. The van der Waals surface area contributed by atoms with Crippen LogP contribution in [0.15, 0.2) is 30.3 Å². The summed E-state index contributed by atoms with van der Waals surface area (Å²) in [6, 6.07) is 11.1. The van der Waals surface area contributed by atoms with Gasteiger partial charge in [-0.1, -0.05) is 34.6 Å². The number of anilines is 3. The molecular weight excluding hydrogens is 274 g/mol. The fourth-order valence-electron chi connectivity index (χ4n) is 1.54. The second kappa shape index (κ2) is 11.1. The number of nitrogens with one attached hydrogen (secondary N) is 1. The molecule has 0 aliphatic rings. The molecule has 0 unspecified atom stereocenters. The molecule has 0 amide bonds. The van der Waals surface area contributed by atoms with Crippen molar-refractivity contribution >= 4 is 17.5 Å². The molecule has 22 heavy (non-hydrogen) atoms. The van der Waals surface area contributed by atoms with Gasteiger partial charge in [0.05, 0.1) is 11.6 Å². The maximum Gasteiger partial charge on any atom is 0.222 e. The van der Waals surface area contributed by atoms with Gasteiger partial charge in [-0.25, -0.2) is 4.98 Å². The van der Waals surface area contributed by atoms with Crippen LogP contribution in [0.1, 0.15) is 45.9 Å². The van der Waals surface area contributed by atoms with Crippen molar-refractivity contribution in [3.8, 4) is 6.07 Å². The number of hydrogen-bond acceptors (Lipinski definition) is 5. The summed E-state index contributed by atoms with van der Waals surface area (Å²) in [4.78, 5) is 8.22. The van der Waals surface area contributed by atoms with Crippen LogP contribution >= 0.6 is 0 Å². The summed E-state index contributed by atoms with van der Waals surface area (Å²) in [6.07, 6.45) is 0.800. The molecular formula is C17H25N5. The van der Waals surface area contributed by atoms with E-state index in [0.29, 0.717) is 11.4 Å². The average Bonchev–Trinajstić information content (AvgIpc) is 2.58. The highest BCUT2D eigenvalue weighted by Crippen LogP contribution is 2.16. The number of rotatable bonds is 3. The molecule has 1 aromatic heterocycles. The maximum atomic E-state index is 8.72. The van der Waals surface area contributed by atoms with Gasteiger partial charge in [-0.05, 0) is 30.7 Å². The highest BCUT2D eigenvalue weighted by Gasteiger charge is 2.01. The molecule has 0 radical (unpaired) electrons. The maximum absolute atomic E-state index is 8.72. The largest absolute Gasteiger partial charge is 0.368 e. The van der Waals surface area contributed by atoms with Crippen LogP contribution in [0.5, 0.6) is 0 Å². The van der Waals surface area contributed by atoms with E-state index in [2.05, 4.69) is 21.4 Å². The normalized spacial score (nSPS) is 8.55. The third kappa shape index (κ3) is 6.23. The highest BCUT2D eigenvalue weighted by molar-refractivity contribution is 5.58. The number of hydrogen-bond donors (Lipinski definition) is 2. The van der Waals surface area contributed by atoms with E-state index in [1.807, 2.05) is 52.8 Å². The predicted octanol–water partition coefficient (Wildman–Crippen LogP) is 4.29. The van der Waals surface area contributed by atoms with E-state index < -0.39 is 0 Å². The molecule has 1 heterocycles. The van der Waals surface area contributed by atoms with Gasteiger partial charge in [0.2, 0.25) is 5.95 Å². The smallest absolute Gasteiger partial charge is 0.222 e. The molecule has 5 nitrogen and oxygen atoms in total. The molecule has 1 aromatic carbocycles. The SMILES string of the molecule is CC.CC.CCc1cc(Nc2ccc(C#N)cc2)nc(N)n1. The Hall–Kier alpha value is -2.61. The number of benzene rings is 1. The fraction of sp³-hybridized carbons (Fsp3) is 0.353. The van der Waals surface area contributed by atoms with Crippen LogP contribution < -0.4 is 11.1 Å². The summed E-state index contributed by atoms with van der Waals surface area (Å²) in [5, 5.41) is 11.8. The quantitative estimate of drug-likeness (QED) is 0.882. The van der Waals surface area contributed by atoms with Gasteiger partial charge in [-0.15, -0.1) is 0 Å². The Labute approximate surface area is 133 Å². The van der Waals surface area contributed by atoms with Crippen LogP contribution in [-0.2, 0) is 6.42 Å².